The van der Waals surface area contributed by atoms with Crippen LogP contribution >= 0.6 is 22.6 Å². The average molecular weight is 375 g/mol. The maximum absolute atomic E-state index is 10.9. The van der Waals surface area contributed by atoms with E-state index in [1.807, 2.05) is 41.8 Å². The van der Waals surface area contributed by atoms with E-state index in [9.17, 15) is 10.1 Å². The number of nitrogens with one attached hydrogen (secondary N) is 1. The van der Waals surface area contributed by atoms with Gasteiger partial charge in [-0.3, -0.25) is 10.1 Å². The van der Waals surface area contributed by atoms with Gasteiger partial charge < -0.3 is 10.2 Å². The monoisotopic (exact) mass is 375 g/mol. The lowest BCUT2D eigenvalue weighted by molar-refractivity contribution is -0.385. The Morgan fingerprint density at radius 3 is 2.95 bits per heavy atom. The van der Waals surface area contributed by atoms with Crippen LogP contribution in [0.3, 0.4) is 0 Å². The Labute approximate surface area is 126 Å². The Balaban J connectivity index is 2.24. The number of hydrogen-bond donors (Lipinski definition) is 1. The SMILES string of the molecule is CNCC1CCCCN1c1ccc([N+](=O)[O-])c(I)c1. The fourth-order valence-corrected chi connectivity index (χ4v) is 3.31. The summed E-state index contributed by atoms with van der Waals surface area (Å²) in [5, 5.41) is 14.1. The zero-order chi connectivity index (χ0) is 13.8. The molecule has 1 heterocycles. The standard InChI is InChI=1S/C13H18IN3O2/c1-15-9-11-4-2-3-7-16(11)10-5-6-13(17(18)19)12(14)8-10/h5-6,8,11,15H,2-4,7,9H2,1H3. The van der Waals surface area contributed by atoms with E-state index in [1.165, 1.54) is 19.3 Å². The minimum atomic E-state index is -0.327. The summed E-state index contributed by atoms with van der Waals surface area (Å²) in [7, 11) is 1.96. The Kier molecular flexibility index (Phi) is 4.98. The van der Waals surface area contributed by atoms with Crippen molar-refractivity contribution in [3.05, 3.63) is 31.9 Å². The number of hydrogen-bond acceptors (Lipinski definition) is 4. The van der Waals surface area contributed by atoms with Gasteiger partial charge in [0.05, 0.1) is 8.49 Å². The fourth-order valence-electron chi connectivity index (χ4n) is 2.61. The summed E-state index contributed by atoms with van der Waals surface area (Å²) in [6.45, 7) is 1.98. The molecule has 0 saturated carbocycles. The van der Waals surface area contributed by atoms with E-state index < -0.39 is 0 Å². The molecule has 1 aromatic carbocycles. The molecule has 1 aromatic rings. The van der Waals surface area contributed by atoms with Crippen LogP contribution in [0.25, 0.3) is 0 Å². The van der Waals surface area contributed by atoms with Gasteiger partial charge in [0, 0.05) is 30.9 Å². The number of halogens is 1. The highest BCUT2D eigenvalue weighted by Gasteiger charge is 2.23. The molecule has 0 amide bonds. The second-order valence-corrected chi connectivity index (χ2v) is 5.96. The number of nitro benzene ring substituents is 1. The van der Waals surface area contributed by atoms with E-state index in [-0.39, 0.29) is 10.6 Å². The maximum atomic E-state index is 10.9. The zero-order valence-corrected chi connectivity index (χ0v) is 13.1. The topological polar surface area (TPSA) is 58.4 Å². The van der Waals surface area contributed by atoms with Crippen LogP contribution in [0.5, 0.6) is 0 Å². The summed E-state index contributed by atoms with van der Waals surface area (Å²) >= 11 is 2.04. The Morgan fingerprint density at radius 1 is 1.53 bits per heavy atom. The van der Waals surface area contributed by atoms with E-state index in [4.69, 9.17) is 0 Å². The molecule has 1 fully saturated rings. The van der Waals surface area contributed by atoms with E-state index in [0.29, 0.717) is 9.61 Å². The molecule has 1 saturated heterocycles. The average Bonchev–Trinajstić information content (AvgIpc) is 2.39. The van der Waals surface area contributed by atoms with Crippen LogP contribution < -0.4 is 10.2 Å². The number of anilines is 1. The molecule has 0 bridgehead atoms. The molecule has 0 aliphatic carbocycles. The van der Waals surface area contributed by atoms with E-state index in [1.54, 1.807) is 6.07 Å². The molecule has 0 radical (unpaired) electrons. The third-order valence-electron chi connectivity index (χ3n) is 3.53. The quantitative estimate of drug-likeness (QED) is 0.500. The van der Waals surface area contributed by atoms with Crippen molar-refractivity contribution in [1.82, 2.24) is 5.32 Å². The summed E-state index contributed by atoms with van der Waals surface area (Å²) < 4.78 is 0.703. The molecule has 1 aliphatic rings. The van der Waals surface area contributed by atoms with Crippen LogP contribution in [0.1, 0.15) is 19.3 Å². The molecular formula is C13H18IN3O2. The first-order valence-electron chi connectivity index (χ1n) is 6.48. The van der Waals surface area contributed by atoms with Crippen molar-refractivity contribution in [2.45, 2.75) is 25.3 Å². The lowest BCUT2D eigenvalue weighted by atomic mass is 10.0. The molecule has 1 aliphatic heterocycles. The first kappa shape index (κ1) is 14.5. The minimum Gasteiger partial charge on any atom is -0.367 e. The zero-order valence-electron chi connectivity index (χ0n) is 10.9. The number of nitro groups is 1. The first-order chi connectivity index (χ1) is 9.13. The van der Waals surface area contributed by atoms with Crippen LogP contribution in [0.4, 0.5) is 11.4 Å². The third kappa shape index (κ3) is 3.36. The summed E-state index contributed by atoms with van der Waals surface area (Å²) in [5.41, 5.74) is 1.28. The Morgan fingerprint density at radius 2 is 2.32 bits per heavy atom. The minimum absolute atomic E-state index is 0.187. The molecule has 0 spiro atoms. The highest BCUT2D eigenvalue weighted by atomic mass is 127. The maximum Gasteiger partial charge on any atom is 0.282 e. The fraction of sp³-hybridized carbons (Fsp3) is 0.538. The van der Waals surface area contributed by atoms with Crippen LogP contribution in [-0.2, 0) is 0 Å². The Hall–Kier alpha value is -0.890. The molecule has 1 unspecified atom stereocenters. The summed E-state index contributed by atoms with van der Waals surface area (Å²) in [6.07, 6.45) is 3.62. The van der Waals surface area contributed by atoms with Crippen molar-refractivity contribution in [3.63, 3.8) is 0 Å². The van der Waals surface area contributed by atoms with Gasteiger partial charge in [-0.1, -0.05) is 0 Å². The van der Waals surface area contributed by atoms with Gasteiger partial charge >= 0.3 is 0 Å². The lowest BCUT2D eigenvalue weighted by Crippen LogP contribution is -2.45. The molecule has 1 N–H and O–H groups in total. The molecular weight excluding hydrogens is 357 g/mol. The summed E-state index contributed by atoms with van der Waals surface area (Å²) in [5.74, 6) is 0. The van der Waals surface area contributed by atoms with Crippen LogP contribution in [-0.4, -0.2) is 31.1 Å². The van der Waals surface area contributed by atoms with Crippen molar-refractivity contribution in [2.75, 3.05) is 25.0 Å². The molecule has 6 heteroatoms. The molecule has 2 rings (SSSR count). The second kappa shape index (κ2) is 6.51. The Bertz CT molecular complexity index is 465. The van der Waals surface area contributed by atoms with Crippen molar-refractivity contribution in [1.29, 1.82) is 0 Å². The van der Waals surface area contributed by atoms with Crippen LogP contribution in [0, 0.1) is 13.7 Å². The largest absolute Gasteiger partial charge is 0.367 e. The number of nitrogens with zero attached hydrogens (tertiary/aromatic N) is 2. The lowest BCUT2D eigenvalue weighted by Gasteiger charge is -2.37. The number of benzene rings is 1. The summed E-state index contributed by atoms with van der Waals surface area (Å²) in [6, 6.07) is 5.89. The molecule has 104 valence electrons. The van der Waals surface area contributed by atoms with Crippen LogP contribution in [0.15, 0.2) is 18.2 Å². The second-order valence-electron chi connectivity index (χ2n) is 4.79. The summed E-state index contributed by atoms with van der Waals surface area (Å²) in [4.78, 5) is 12.9. The van der Waals surface area contributed by atoms with E-state index in [0.717, 1.165) is 18.8 Å². The highest BCUT2D eigenvalue weighted by Crippen LogP contribution is 2.30. The van der Waals surface area contributed by atoms with Gasteiger partial charge in [0.25, 0.3) is 5.69 Å². The van der Waals surface area contributed by atoms with Crippen molar-refractivity contribution >= 4 is 34.0 Å². The molecule has 19 heavy (non-hydrogen) atoms. The third-order valence-corrected chi connectivity index (χ3v) is 4.39. The van der Waals surface area contributed by atoms with Gasteiger partial charge in [-0.05, 0) is 61.0 Å². The van der Waals surface area contributed by atoms with Crippen molar-refractivity contribution in [3.8, 4) is 0 Å². The van der Waals surface area contributed by atoms with Gasteiger partial charge in [0.15, 0.2) is 0 Å². The van der Waals surface area contributed by atoms with Crippen LogP contribution in [0.2, 0.25) is 0 Å². The van der Waals surface area contributed by atoms with Gasteiger partial charge in [0.1, 0.15) is 0 Å². The normalized spacial score (nSPS) is 19.5. The number of rotatable bonds is 4. The van der Waals surface area contributed by atoms with Gasteiger partial charge in [-0.25, -0.2) is 0 Å². The van der Waals surface area contributed by atoms with Gasteiger partial charge in [0.2, 0.25) is 0 Å². The smallest absolute Gasteiger partial charge is 0.282 e. The molecule has 1 atom stereocenters. The van der Waals surface area contributed by atoms with Crippen molar-refractivity contribution < 1.29 is 4.92 Å². The number of likely N-dealkylation sites (N-methyl/N-ethyl adjacent to an activating group) is 1. The number of piperidine rings is 1. The predicted octanol–water partition coefficient (Wildman–Crippen LogP) is 2.78. The van der Waals surface area contributed by atoms with E-state index in [2.05, 4.69) is 10.2 Å². The van der Waals surface area contributed by atoms with E-state index >= 15 is 0 Å². The predicted molar refractivity (Wildman–Crippen MR) is 84.7 cm³/mol. The van der Waals surface area contributed by atoms with Crippen molar-refractivity contribution in [2.24, 2.45) is 0 Å². The van der Waals surface area contributed by atoms with Gasteiger partial charge in [-0.2, -0.15) is 0 Å². The first-order valence-corrected chi connectivity index (χ1v) is 7.56. The van der Waals surface area contributed by atoms with Gasteiger partial charge in [-0.15, -0.1) is 0 Å². The highest BCUT2D eigenvalue weighted by molar-refractivity contribution is 14.1. The molecule has 5 nitrogen and oxygen atoms in total. The molecule has 0 aromatic heterocycles.